The Morgan fingerprint density at radius 2 is 2.00 bits per heavy atom. The van der Waals surface area contributed by atoms with Gasteiger partial charge in [-0.05, 0) is 36.8 Å². The van der Waals surface area contributed by atoms with Crippen LogP contribution in [-0.4, -0.2) is 4.98 Å². The molecule has 0 fully saturated rings. The minimum Gasteiger partial charge on any atom is -0.396 e. The van der Waals surface area contributed by atoms with Crippen LogP contribution in [0.15, 0.2) is 24.3 Å². The van der Waals surface area contributed by atoms with Crippen LogP contribution in [0.2, 0.25) is 10.0 Å². The number of nitrogens with one attached hydrogen (secondary N) is 1. The molecular weight excluding hydrogens is 283 g/mol. The van der Waals surface area contributed by atoms with E-state index in [0.29, 0.717) is 27.2 Å². The van der Waals surface area contributed by atoms with E-state index in [0.717, 1.165) is 5.56 Å². The number of aromatic nitrogens is 1. The summed E-state index contributed by atoms with van der Waals surface area (Å²) in [6.07, 6.45) is 0. The maximum Gasteiger partial charge on any atom is 0.165 e. The van der Waals surface area contributed by atoms with Gasteiger partial charge in [0.05, 0.1) is 16.4 Å². The number of anilines is 3. The third kappa shape index (κ3) is 2.90. The molecular formula is C13H10Cl2N4. The Labute approximate surface area is 120 Å². The van der Waals surface area contributed by atoms with E-state index in [1.807, 2.05) is 13.0 Å². The molecule has 0 aliphatic rings. The standard InChI is InChI=1S/C13H10Cl2N4/c1-7-4-9(15)11(5-8(7)14)18-13-3-2-10(17)12(6-16)19-13/h2-5H,17H2,1H3,(H,18,19). The van der Waals surface area contributed by atoms with E-state index in [9.17, 15) is 0 Å². The number of nitrogens with zero attached hydrogens (tertiary/aromatic N) is 2. The first-order chi connectivity index (χ1) is 9.01. The topological polar surface area (TPSA) is 74.7 Å². The Morgan fingerprint density at radius 1 is 1.26 bits per heavy atom. The Morgan fingerprint density at radius 3 is 2.68 bits per heavy atom. The Balaban J connectivity index is 2.37. The number of aryl methyl sites for hydroxylation is 1. The fourth-order valence-corrected chi connectivity index (χ4v) is 1.94. The summed E-state index contributed by atoms with van der Waals surface area (Å²) >= 11 is 12.2. The molecule has 0 radical (unpaired) electrons. The van der Waals surface area contributed by atoms with Crippen molar-refractivity contribution in [3.8, 4) is 6.07 Å². The number of hydrogen-bond donors (Lipinski definition) is 2. The van der Waals surface area contributed by atoms with E-state index in [4.69, 9.17) is 34.2 Å². The summed E-state index contributed by atoms with van der Waals surface area (Å²) in [7, 11) is 0. The summed E-state index contributed by atoms with van der Waals surface area (Å²) in [5, 5.41) is 13.0. The van der Waals surface area contributed by atoms with Gasteiger partial charge in [-0.15, -0.1) is 0 Å². The zero-order valence-electron chi connectivity index (χ0n) is 10.0. The van der Waals surface area contributed by atoms with E-state index < -0.39 is 0 Å². The van der Waals surface area contributed by atoms with Crippen molar-refractivity contribution in [2.45, 2.75) is 6.92 Å². The normalized spacial score (nSPS) is 10.0. The molecule has 1 aromatic heterocycles. The molecule has 0 bridgehead atoms. The van der Waals surface area contributed by atoms with Crippen LogP contribution in [0.25, 0.3) is 0 Å². The molecule has 0 saturated carbocycles. The van der Waals surface area contributed by atoms with Crippen LogP contribution in [0.3, 0.4) is 0 Å². The fourth-order valence-electron chi connectivity index (χ4n) is 1.51. The van der Waals surface area contributed by atoms with E-state index in [1.165, 1.54) is 0 Å². The highest BCUT2D eigenvalue weighted by Crippen LogP contribution is 2.30. The van der Waals surface area contributed by atoms with E-state index in [2.05, 4.69) is 10.3 Å². The molecule has 19 heavy (non-hydrogen) atoms. The van der Waals surface area contributed by atoms with Crippen molar-refractivity contribution in [2.24, 2.45) is 0 Å². The number of nitrogen functional groups attached to an aromatic ring is 1. The second-order valence-electron chi connectivity index (χ2n) is 3.95. The lowest BCUT2D eigenvalue weighted by Gasteiger charge is -2.10. The highest BCUT2D eigenvalue weighted by molar-refractivity contribution is 6.35. The third-order valence-corrected chi connectivity index (χ3v) is 3.26. The summed E-state index contributed by atoms with van der Waals surface area (Å²) < 4.78 is 0. The molecule has 4 nitrogen and oxygen atoms in total. The monoisotopic (exact) mass is 292 g/mol. The fraction of sp³-hybridized carbons (Fsp3) is 0.0769. The second-order valence-corrected chi connectivity index (χ2v) is 4.77. The van der Waals surface area contributed by atoms with Gasteiger partial charge in [0.2, 0.25) is 0 Å². The SMILES string of the molecule is Cc1cc(Cl)c(Nc2ccc(N)c(C#N)n2)cc1Cl. The van der Waals surface area contributed by atoms with Crippen LogP contribution in [0.1, 0.15) is 11.3 Å². The van der Waals surface area contributed by atoms with Gasteiger partial charge in [-0.25, -0.2) is 4.98 Å². The minimum atomic E-state index is 0.166. The number of hydrogen-bond acceptors (Lipinski definition) is 4. The molecule has 2 rings (SSSR count). The first-order valence-corrected chi connectivity index (χ1v) is 6.16. The molecule has 6 heteroatoms. The quantitative estimate of drug-likeness (QED) is 0.880. The lowest BCUT2D eigenvalue weighted by Crippen LogP contribution is -1.99. The first-order valence-electron chi connectivity index (χ1n) is 5.40. The summed E-state index contributed by atoms with van der Waals surface area (Å²) in [5.41, 5.74) is 7.62. The number of halogens is 2. The zero-order chi connectivity index (χ0) is 14.0. The smallest absolute Gasteiger partial charge is 0.165 e. The number of nitrogens with two attached hydrogens (primary N) is 1. The van der Waals surface area contributed by atoms with Gasteiger partial charge in [-0.3, -0.25) is 0 Å². The van der Waals surface area contributed by atoms with Crippen LogP contribution in [-0.2, 0) is 0 Å². The van der Waals surface area contributed by atoms with Gasteiger partial charge in [0.15, 0.2) is 5.69 Å². The number of nitriles is 1. The van der Waals surface area contributed by atoms with Crippen molar-refractivity contribution in [3.05, 3.63) is 45.6 Å². The van der Waals surface area contributed by atoms with Gasteiger partial charge in [0.1, 0.15) is 11.9 Å². The van der Waals surface area contributed by atoms with E-state index in [-0.39, 0.29) is 5.69 Å². The zero-order valence-corrected chi connectivity index (χ0v) is 11.5. The second kappa shape index (κ2) is 5.35. The molecule has 1 aromatic carbocycles. The predicted octanol–water partition coefficient (Wildman–Crippen LogP) is 3.89. The molecule has 0 unspecified atom stereocenters. The van der Waals surface area contributed by atoms with Crippen LogP contribution in [0, 0.1) is 18.3 Å². The predicted molar refractivity (Wildman–Crippen MR) is 77.8 cm³/mol. The Bertz CT molecular complexity index is 677. The van der Waals surface area contributed by atoms with Crippen molar-refractivity contribution < 1.29 is 0 Å². The molecule has 0 spiro atoms. The Hall–Kier alpha value is -1.96. The van der Waals surface area contributed by atoms with Gasteiger partial charge >= 0.3 is 0 Å². The molecule has 2 aromatic rings. The highest BCUT2D eigenvalue weighted by Gasteiger charge is 2.07. The lowest BCUT2D eigenvalue weighted by atomic mass is 10.2. The van der Waals surface area contributed by atoms with E-state index >= 15 is 0 Å². The summed E-state index contributed by atoms with van der Waals surface area (Å²) in [5.74, 6) is 0.479. The van der Waals surface area contributed by atoms with Crippen molar-refractivity contribution in [1.82, 2.24) is 4.98 Å². The summed E-state index contributed by atoms with van der Waals surface area (Å²) in [6, 6.07) is 8.67. The minimum absolute atomic E-state index is 0.166. The van der Waals surface area contributed by atoms with E-state index in [1.54, 1.807) is 24.3 Å². The van der Waals surface area contributed by atoms with Crippen LogP contribution in [0.4, 0.5) is 17.2 Å². The number of benzene rings is 1. The molecule has 0 aliphatic heterocycles. The van der Waals surface area contributed by atoms with Crippen molar-refractivity contribution in [1.29, 1.82) is 5.26 Å². The van der Waals surface area contributed by atoms with Crippen LogP contribution < -0.4 is 11.1 Å². The van der Waals surface area contributed by atoms with Crippen molar-refractivity contribution >= 4 is 40.4 Å². The maximum atomic E-state index is 8.88. The van der Waals surface area contributed by atoms with Gasteiger partial charge in [0.25, 0.3) is 0 Å². The lowest BCUT2D eigenvalue weighted by molar-refractivity contribution is 1.26. The van der Waals surface area contributed by atoms with Crippen molar-refractivity contribution in [3.63, 3.8) is 0 Å². The number of pyridine rings is 1. The first kappa shape index (κ1) is 13.5. The molecule has 0 saturated heterocycles. The molecule has 3 N–H and O–H groups in total. The summed E-state index contributed by atoms with van der Waals surface area (Å²) in [6.45, 7) is 1.87. The maximum absolute atomic E-state index is 8.88. The van der Waals surface area contributed by atoms with Gasteiger partial charge in [-0.2, -0.15) is 5.26 Å². The average molecular weight is 293 g/mol. The van der Waals surface area contributed by atoms with Crippen LogP contribution in [0.5, 0.6) is 0 Å². The molecule has 0 aliphatic carbocycles. The largest absolute Gasteiger partial charge is 0.396 e. The summed E-state index contributed by atoms with van der Waals surface area (Å²) in [4.78, 5) is 4.08. The van der Waals surface area contributed by atoms with Crippen molar-refractivity contribution in [2.75, 3.05) is 11.1 Å². The van der Waals surface area contributed by atoms with Gasteiger partial charge < -0.3 is 11.1 Å². The van der Waals surface area contributed by atoms with Gasteiger partial charge in [-0.1, -0.05) is 23.2 Å². The highest BCUT2D eigenvalue weighted by atomic mass is 35.5. The molecule has 96 valence electrons. The molecule has 1 heterocycles. The average Bonchev–Trinajstić information content (AvgIpc) is 2.38. The third-order valence-electron chi connectivity index (χ3n) is 2.54. The van der Waals surface area contributed by atoms with Gasteiger partial charge in [0, 0.05) is 5.02 Å². The molecule has 0 atom stereocenters. The Kier molecular flexibility index (Phi) is 3.79. The van der Waals surface area contributed by atoms with Crippen LogP contribution >= 0.6 is 23.2 Å². The number of rotatable bonds is 2. The molecule has 0 amide bonds.